The van der Waals surface area contributed by atoms with Gasteiger partial charge in [0.15, 0.2) is 0 Å². The average molecular weight is 443 g/mol. The quantitative estimate of drug-likeness (QED) is 0.557. The van der Waals surface area contributed by atoms with E-state index in [9.17, 15) is 19.2 Å². The SMILES string of the molecule is O=C1NCCC[C@@H]1NC(=O)[C@H]1CN(C(=O)C2CCNCC2)CCN1C(=O)c1cccnc1. The van der Waals surface area contributed by atoms with Gasteiger partial charge in [0.05, 0.1) is 12.1 Å². The van der Waals surface area contributed by atoms with Gasteiger partial charge in [-0.25, -0.2) is 0 Å². The van der Waals surface area contributed by atoms with Gasteiger partial charge < -0.3 is 25.8 Å². The summed E-state index contributed by atoms with van der Waals surface area (Å²) < 4.78 is 0. The molecule has 0 spiro atoms. The zero-order valence-electron chi connectivity index (χ0n) is 18.1. The van der Waals surface area contributed by atoms with Gasteiger partial charge in [-0.2, -0.15) is 0 Å². The van der Waals surface area contributed by atoms with Crippen molar-refractivity contribution in [2.75, 3.05) is 39.3 Å². The maximum Gasteiger partial charge on any atom is 0.256 e. The van der Waals surface area contributed by atoms with Gasteiger partial charge in [0.1, 0.15) is 12.1 Å². The Morgan fingerprint density at radius 1 is 1.09 bits per heavy atom. The van der Waals surface area contributed by atoms with E-state index in [1.54, 1.807) is 23.2 Å². The Bertz CT molecular complexity index is 857. The summed E-state index contributed by atoms with van der Waals surface area (Å²) in [6.45, 7) is 2.95. The minimum absolute atomic E-state index is 0.0354. The number of hydrogen-bond acceptors (Lipinski definition) is 6. The Kier molecular flexibility index (Phi) is 6.99. The maximum absolute atomic E-state index is 13.3. The zero-order valence-corrected chi connectivity index (χ0v) is 18.1. The van der Waals surface area contributed by atoms with Gasteiger partial charge in [-0.05, 0) is 50.9 Å². The highest BCUT2D eigenvalue weighted by Gasteiger charge is 2.40. The number of hydrogen-bond donors (Lipinski definition) is 3. The van der Waals surface area contributed by atoms with E-state index in [0.29, 0.717) is 25.1 Å². The smallest absolute Gasteiger partial charge is 0.256 e. The van der Waals surface area contributed by atoms with Crippen molar-refractivity contribution in [2.24, 2.45) is 5.92 Å². The fourth-order valence-corrected chi connectivity index (χ4v) is 4.61. The third-order valence-corrected chi connectivity index (χ3v) is 6.45. The van der Waals surface area contributed by atoms with E-state index < -0.39 is 18.0 Å². The molecule has 0 bridgehead atoms. The number of piperazine rings is 1. The van der Waals surface area contributed by atoms with Gasteiger partial charge in [-0.3, -0.25) is 24.2 Å². The molecular formula is C22H30N6O4. The molecule has 3 saturated heterocycles. The van der Waals surface area contributed by atoms with Crippen molar-refractivity contribution in [1.29, 1.82) is 0 Å². The number of rotatable bonds is 4. The molecule has 0 aromatic carbocycles. The van der Waals surface area contributed by atoms with Gasteiger partial charge in [-0.15, -0.1) is 0 Å². The number of aromatic nitrogens is 1. The number of carbonyl (C=O) groups is 4. The molecule has 32 heavy (non-hydrogen) atoms. The Hall–Kier alpha value is -3.01. The molecule has 3 fully saturated rings. The lowest BCUT2D eigenvalue weighted by Gasteiger charge is -2.42. The lowest BCUT2D eigenvalue weighted by Crippen LogP contribution is -2.64. The van der Waals surface area contributed by atoms with Crippen LogP contribution in [0.2, 0.25) is 0 Å². The summed E-state index contributed by atoms with van der Waals surface area (Å²) in [5, 5.41) is 8.82. The van der Waals surface area contributed by atoms with Crippen LogP contribution >= 0.6 is 0 Å². The lowest BCUT2D eigenvalue weighted by molar-refractivity contribution is -0.142. The second-order valence-electron chi connectivity index (χ2n) is 8.56. The maximum atomic E-state index is 13.3. The van der Waals surface area contributed by atoms with Crippen LogP contribution in [0.4, 0.5) is 0 Å². The third-order valence-electron chi connectivity index (χ3n) is 6.45. The Labute approximate surface area is 187 Å². The van der Waals surface area contributed by atoms with Crippen molar-refractivity contribution in [2.45, 2.75) is 37.8 Å². The fourth-order valence-electron chi connectivity index (χ4n) is 4.61. The first-order valence-corrected chi connectivity index (χ1v) is 11.3. The molecule has 4 amide bonds. The van der Waals surface area contributed by atoms with Crippen LogP contribution in [0.5, 0.6) is 0 Å². The van der Waals surface area contributed by atoms with Crippen LogP contribution in [0.15, 0.2) is 24.5 Å². The normalized spacial score (nSPS) is 24.6. The summed E-state index contributed by atoms with van der Waals surface area (Å²) in [5.41, 5.74) is 0.388. The molecule has 0 unspecified atom stereocenters. The van der Waals surface area contributed by atoms with E-state index in [1.807, 2.05) is 0 Å². The van der Waals surface area contributed by atoms with Gasteiger partial charge >= 0.3 is 0 Å². The molecule has 4 heterocycles. The van der Waals surface area contributed by atoms with Crippen molar-refractivity contribution in [3.8, 4) is 0 Å². The van der Waals surface area contributed by atoms with Gasteiger partial charge in [0.25, 0.3) is 5.91 Å². The molecule has 0 radical (unpaired) electrons. The molecule has 3 aliphatic heterocycles. The predicted octanol–water partition coefficient (Wildman–Crippen LogP) is -0.871. The second-order valence-corrected chi connectivity index (χ2v) is 8.56. The van der Waals surface area contributed by atoms with Crippen molar-refractivity contribution in [3.63, 3.8) is 0 Å². The highest BCUT2D eigenvalue weighted by Crippen LogP contribution is 2.20. The van der Waals surface area contributed by atoms with Crippen molar-refractivity contribution in [3.05, 3.63) is 30.1 Å². The number of carbonyl (C=O) groups excluding carboxylic acids is 4. The number of nitrogens with one attached hydrogen (secondary N) is 3. The van der Waals surface area contributed by atoms with Crippen LogP contribution in [0.25, 0.3) is 0 Å². The van der Waals surface area contributed by atoms with E-state index in [1.165, 1.54) is 11.1 Å². The first-order valence-electron chi connectivity index (χ1n) is 11.3. The molecule has 4 rings (SSSR count). The number of nitrogens with zero attached hydrogens (tertiary/aromatic N) is 3. The topological polar surface area (TPSA) is 124 Å². The molecule has 0 aliphatic carbocycles. The average Bonchev–Trinajstić information content (AvgIpc) is 2.85. The Morgan fingerprint density at radius 3 is 2.62 bits per heavy atom. The van der Waals surface area contributed by atoms with Crippen LogP contribution in [0, 0.1) is 5.92 Å². The van der Waals surface area contributed by atoms with Crippen LogP contribution in [0.1, 0.15) is 36.0 Å². The molecule has 3 N–H and O–H groups in total. The van der Waals surface area contributed by atoms with E-state index in [4.69, 9.17) is 0 Å². The number of amides is 4. The van der Waals surface area contributed by atoms with Crippen LogP contribution < -0.4 is 16.0 Å². The van der Waals surface area contributed by atoms with E-state index in [-0.39, 0.29) is 36.7 Å². The summed E-state index contributed by atoms with van der Waals surface area (Å²) in [4.78, 5) is 58.9. The lowest BCUT2D eigenvalue weighted by atomic mass is 9.95. The minimum atomic E-state index is -0.864. The molecule has 1 aromatic heterocycles. The highest BCUT2D eigenvalue weighted by atomic mass is 16.2. The van der Waals surface area contributed by atoms with Crippen LogP contribution in [-0.4, -0.2) is 89.8 Å². The predicted molar refractivity (Wildman–Crippen MR) is 115 cm³/mol. The zero-order chi connectivity index (χ0) is 22.5. The molecule has 2 atom stereocenters. The molecule has 172 valence electrons. The molecular weight excluding hydrogens is 412 g/mol. The first-order chi connectivity index (χ1) is 15.5. The fraction of sp³-hybridized carbons (Fsp3) is 0.591. The number of pyridine rings is 1. The summed E-state index contributed by atoms with van der Waals surface area (Å²) >= 11 is 0. The summed E-state index contributed by atoms with van der Waals surface area (Å²) in [5.74, 6) is -0.960. The number of piperidine rings is 2. The minimum Gasteiger partial charge on any atom is -0.354 e. The molecule has 0 saturated carbocycles. The largest absolute Gasteiger partial charge is 0.354 e. The molecule has 10 nitrogen and oxygen atoms in total. The van der Waals surface area contributed by atoms with E-state index in [2.05, 4.69) is 20.9 Å². The summed E-state index contributed by atoms with van der Waals surface area (Å²) in [6, 6.07) is 1.84. The Balaban J connectivity index is 1.51. The molecule has 10 heteroatoms. The monoisotopic (exact) mass is 442 g/mol. The van der Waals surface area contributed by atoms with Crippen molar-refractivity contribution < 1.29 is 19.2 Å². The van der Waals surface area contributed by atoms with Gasteiger partial charge in [-0.1, -0.05) is 0 Å². The van der Waals surface area contributed by atoms with Gasteiger partial charge in [0.2, 0.25) is 17.7 Å². The Morgan fingerprint density at radius 2 is 1.91 bits per heavy atom. The van der Waals surface area contributed by atoms with Crippen LogP contribution in [-0.2, 0) is 14.4 Å². The van der Waals surface area contributed by atoms with E-state index >= 15 is 0 Å². The standard InChI is InChI=1S/C22H30N6O4/c29-19-17(4-2-8-25-19)26-20(30)18-14-27(21(31)15-5-9-23-10-6-15)11-12-28(18)22(32)16-3-1-7-24-13-16/h1,3,7,13,15,17-18,23H,2,4-6,8-12,14H2,(H,25,29)(H,26,30)/t17-,18+/m0/s1. The second kappa shape index (κ2) is 10.1. The first kappa shape index (κ1) is 22.2. The van der Waals surface area contributed by atoms with Gasteiger partial charge in [0, 0.05) is 37.9 Å². The van der Waals surface area contributed by atoms with Crippen molar-refractivity contribution >= 4 is 23.6 Å². The third kappa shape index (κ3) is 4.90. The molecule has 3 aliphatic rings. The highest BCUT2D eigenvalue weighted by molar-refractivity contribution is 5.99. The molecule has 1 aromatic rings. The summed E-state index contributed by atoms with van der Waals surface area (Å²) in [7, 11) is 0. The van der Waals surface area contributed by atoms with Crippen molar-refractivity contribution in [1.82, 2.24) is 30.7 Å². The summed E-state index contributed by atoms with van der Waals surface area (Å²) in [6.07, 6.45) is 5.93. The van der Waals surface area contributed by atoms with Crippen LogP contribution in [0.3, 0.4) is 0 Å². The van der Waals surface area contributed by atoms with E-state index in [0.717, 1.165) is 32.4 Å².